The summed E-state index contributed by atoms with van der Waals surface area (Å²) in [5, 5.41) is 0.375. The minimum atomic E-state index is -0.580. The standard InChI is InChI=1S/C21H21ClO6/c1-13(2)27-20-17(22)11-14(12-18(20)25-3)5-10-19(23)28-16-8-6-15(7-9-16)21(24)26-4/h5-13H,1-4H3/b10-5+. The molecule has 0 atom stereocenters. The van der Waals surface area contributed by atoms with Crippen LogP contribution in [0.15, 0.2) is 42.5 Å². The zero-order chi connectivity index (χ0) is 20.7. The molecule has 0 bridgehead atoms. The highest BCUT2D eigenvalue weighted by Crippen LogP contribution is 2.37. The maximum Gasteiger partial charge on any atom is 0.337 e. The number of carbonyl (C=O) groups is 2. The molecule has 0 aliphatic rings. The number of esters is 2. The molecule has 0 spiro atoms. The van der Waals surface area contributed by atoms with Crippen LogP contribution in [0.25, 0.3) is 6.08 Å². The molecule has 0 aliphatic carbocycles. The van der Waals surface area contributed by atoms with Crippen LogP contribution < -0.4 is 14.2 Å². The van der Waals surface area contributed by atoms with Crippen molar-refractivity contribution in [1.82, 2.24) is 0 Å². The molecule has 0 N–H and O–H groups in total. The van der Waals surface area contributed by atoms with Gasteiger partial charge in [-0.25, -0.2) is 9.59 Å². The lowest BCUT2D eigenvalue weighted by Crippen LogP contribution is -2.07. The van der Waals surface area contributed by atoms with Gasteiger partial charge in [0, 0.05) is 6.08 Å². The van der Waals surface area contributed by atoms with Crippen molar-refractivity contribution in [2.24, 2.45) is 0 Å². The van der Waals surface area contributed by atoms with Crippen molar-refractivity contribution < 1.29 is 28.5 Å². The van der Waals surface area contributed by atoms with Gasteiger partial charge in [-0.1, -0.05) is 11.6 Å². The smallest absolute Gasteiger partial charge is 0.337 e. The van der Waals surface area contributed by atoms with Gasteiger partial charge in [0.05, 0.1) is 30.9 Å². The van der Waals surface area contributed by atoms with Gasteiger partial charge in [-0.3, -0.25) is 0 Å². The van der Waals surface area contributed by atoms with E-state index in [9.17, 15) is 9.59 Å². The van der Waals surface area contributed by atoms with Gasteiger partial charge >= 0.3 is 11.9 Å². The number of halogens is 1. The summed E-state index contributed by atoms with van der Waals surface area (Å²) in [6.45, 7) is 3.77. The van der Waals surface area contributed by atoms with Crippen molar-refractivity contribution in [1.29, 1.82) is 0 Å². The molecule has 2 aromatic carbocycles. The van der Waals surface area contributed by atoms with Crippen molar-refractivity contribution in [3.05, 3.63) is 58.6 Å². The molecule has 6 nitrogen and oxygen atoms in total. The Labute approximate surface area is 168 Å². The Morgan fingerprint density at radius 1 is 1.07 bits per heavy atom. The number of carbonyl (C=O) groups excluding carboxylic acids is 2. The lowest BCUT2D eigenvalue weighted by molar-refractivity contribution is -0.128. The van der Waals surface area contributed by atoms with Crippen molar-refractivity contribution in [2.45, 2.75) is 20.0 Å². The molecule has 0 radical (unpaired) electrons. The van der Waals surface area contributed by atoms with Crippen LogP contribution in [-0.4, -0.2) is 32.3 Å². The van der Waals surface area contributed by atoms with Crippen LogP contribution in [-0.2, 0) is 9.53 Å². The number of hydrogen-bond acceptors (Lipinski definition) is 6. The van der Waals surface area contributed by atoms with E-state index in [-0.39, 0.29) is 6.10 Å². The average Bonchev–Trinajstić information content (AvgIpc) is 2.67. The van der Waals surface area contributed by atoms with E-state index in [1.54, 1.807) is 18.2 Å². The Balaban J connectivity index is 2.09. The number of ether oxygens (including phenoxy) is 4. The van der Waals surface area contributed by atoms with Gasteiger partial charge in [0.1, 0.15) is 5.75 Å². The molecule has 0 saturated carbocycles. The molecular weight excluding hydrogens is 384 g/mol. The zero-order valence-corrected chi connectivity index (χ0v) is 16.8. The largest absolute Gasteiger partial charge is 0.493 e. The summed E-state index contributed by atoms with van der Waals surface area (Å²) in [7, 11) is 2.81. The number of benzene rings is 2. The quantitative estimate of drug-likeness (QED) is 0.383. The third-order valence-corrected chi connectivity index (χ3v) is 3.79. The van der Waals surface area contributed by atoms with Crippen molar-refractivity contribution >= 4 is 29.6 Å². The number of hydrogen-bond donors (Lipinski definition) is 0. The lowest BCUT2D eigenvalue weighted by Gasteiger charge is -2.15. The van der Waals surface area contributed by atoms with Gasteiger partial charge in [0.15, 0.2) is 11.5 Å². The summed E-state index contributed by atoms with van der Waals surface area (Å²) >= 11 is 6.26. The van der Waals surface area contributed by atoms with Crippen LogP contribution in [0.4, 0.5) is 0 Å². The molecule has 7 heteroatoms. The van der Waals surface area contributed by atoms with Crippen molar-refractivity contribution in [3.8, 4) is 17.2 Å². The van der Waals surface area contributed by atoms with E-state index in [0.29, 0.717) is 33.4 Å². The fourth-order valence-electron chi connectivity index (χ4n) is 2.28. The van der Waals surface area contributed by atoms with Gasteiger partial charge < -0.3 is 18.9 Å². The molecular formula is C21H21ClO6. The molecule has 2 rings (SSSR count). The van der Waals surface area contributed by atoms with Crippen LogP contribution in [0.5, 0.6) is 17.2 Å². The van der Waals surface area contributed by atoms with E-state index in [2.05, 4.69) is 4.74 Å². The molecule has 0 saturated heterocycles. The Kier molecular flexibility index (Phi) is 7.46. The first-order valence-corrected chi connectivity index (χ1v) is 8.84. The van der Waals surface area contributed by atoms with E-state index in [1.807, 2.05) is 13.8 Å². The maximum absolute atomic E-state index is 12.0. The topological polar surface area (TPSA) is 71.1 Å². The van der Waals surface area contributed by atoms with Crippen LogP contribution in [0.3, 0.4) is 0 Å². The van der Waals surface area contributed by atoms with E-state index in [4.69, 9.17) is 25.8 Å². The van der Waals surface area contributed by atoms with Gasteiger partial charge in [-0.05, 0) is 61.9 Å². The van der Waals surface area contributed by atoms with E-state index in [1.165, 1.54) is 44.6 Å². The fourth-order valence-corrected chi connectivity index (χ4v) is 2.54. The molecule has 0 fully saturated rings. The van der Waals surface area contributed by atoms with Gasteiger partial charge in [-0.15, -0.1) is 0 Å². The van der Waals surface area contributed by atoms with E-state index in [0.717, 1.165) is 0 Å². The highest BCUT2D eigenvalue weighted by Gasteiger charge is 2.13. The molecule has 2 aromatic rings. The summed E-state index contributed by atoms with van der Waals surface area (Å²) in [6, 6.07) is 9.41. The summed E-state index contributed by atoms with van der Waals surface area (Å²) in [4.78, 5) is 23.4. The molecule has 0 aliphatic heterocycles. The lowest BCUT2D eigenvalue weighted by atomic mass is 10.2. The van der Waals surface area contributed by atoms with Crippen molar-refractivity contribution in [3.63, 3.8) is 0 Å². The highest BCUT2D eigenvalue weighted by atomic mass is 35.5. The second kappa shape index (κ2) is 9.80. The second-order valence-corrected chi connectivity index (χ2v) is 6.38. The first-order chi connectivity index (χ1) is 13.3. The van der Waals surface area contributed by atoms with Crippen LogP contribution in [0, 0.1) is 0 Å². The molecule has 0 amide bonds. The highest BCUT2D eigenvalue weighted by molar-refractivity contribution is 6.32. The first kappa shape index (κ1) is 21.3. The van der Waals surface area contributed by atoms with Crippen LogP contribution >= 0.6 is 11.6 Å². The van der Waals surface area contributed by atoms with E-state index < -0.39 is 11.9 Å². The van der Waals surface area contributed by atoms with Crippen LogP contribution in [0.1, 0.15) is 29.8 Å². The predicted octanol–water partition coefficient (Wildman–Crippen LogP) is 4.54. The van der Waals surface area contributed by atoms with E-state index >= 15 is 0 Å². The molecule has 28 heavy (non-hydrogen) atoms. The zero-order valence-electron chi connectivity index (χ0n) is 16.0. The summed E-state index contributed by atoms with van der Waals surface area (Å²) < 4.78 is 20.8. The SMILES string of the molecule is COC(=O)c1ccc(OC(=O)/C=C/c2cc(Cl)c(OC(C)C)c(OC)c2)cc1. The number of methoxy groups -OCH3 is 2. The number of rotatable bonds is 7. The summed E-state index contributed by atoms with van der Waals surface area (Å²) in [6.07, 6.45) is 2.76. The van der Waals surface area contributed by atoms with Gasteiger partial charge in [0.25, 0.3) is 0 Å². The third kappa shape index (κ3) is 5.76. The molecule has 148 valence electrons. The average molecular weight is 405 g/mol. The fraction of sp³-hybridized carbons (Fsp3) is 0.238. The minimum Gasteiger partial charge on any atom is -0.493 e. The Morgan fingerprint density at radius 3 is 2.32 bits per heavy atom. The first-order valence-electron chi connectivity index (χ1n) is 8.46. The van der Waals surface area contributed by atoms with Crippen LogP contribution in [0.2, 0.25) is 5.02 Å². The van der Waals surface area contributed by atoms with Crippen molar-refractivity contribution in [2.75, 3.05) is 14.2 Å². The Bertz CT molecular complexity index is 871. The minimum absolute atomic E-state index is 0.0617. The third-order valence-electron chi connectivity index (χ3n) is 3.51. The Morgan fingerprint density at radius 2 is 1.75 bits per heavy atom. The Hall–Kier alpha value is -2.99. The molecule has 0 aromatic heterocycles. The van der Waals surface area contributed by atoms with Gasteiger partial charge in [0.2, 0.25) is 0 Å². The second-order valence-electron chi connectivity index (χ2n) is 5.97. The monoisotopic (exact) mass is 404 g/mol. The molecule has 0 unspecified atom stereocenters. The molecule has 0 heterocycles. The van der Waals surface area contributed by atoms with Gasteiger partial charge in [-0.2, -0.15) is 0 Å². The predicted molar refractivity (Wildman–Crippen MR) is 106 cm³/mol. The summed E-state index contributed by atoms with van der Waals surface area (Å²) in [5.41, 5.74) is 1.01. The normalized spacial score (nSPS) is 10.8. The summed E-state index contributed by atoms with van der Waals surface area (Å²) in [5.74, 6) is 0.174. The maximum atomic E-state index is 12.0.